The number of hydrogen-bond acceptors (Lipinski definition) is 4. The molecule has 1 atom stereocenters. The summed E-state index contributed by atoms with van der Waals surface area (Å²) in [4.78, 5) is 12.9. The molecular weight excluding hydrogens is 326 g/mol. The molecule has 1 unspecified atom stereocenters. The molecule has 0 aliphatic carbocycles. The summed E-state index contributed by atoms with van der Waals surface area (Å²) in [7, 11) is 1.57. The van der Waals surface area contributed by atoms with Crippen LogP contribution in [0.15, 0.2) is 66.7 Å². The van der Waals surface area contributed by atoms with E-state index in [2.05, 4.69) is 6.07 Å². The zero-order valence-electron chi connectivity index (χ0n) is 14.7. The van der Waals surface area contributed by atoms with Gasteiger partial charge in [-0.3, -0.25) is 0 Å². The molecule has 0 saturated carbocycles. The van der Waals surface area contributed by atoms with E-state index in [1.165, 1.54) is 0 Å². The first-order chi connectivity index (χ1) is 12.7. The minimum Gasteiger partial charge on any atom is -0.497 e. The molecule has 0 saturated heterocycles. The topological polar surface area (TPSA) is 59.3 Å². The van der Waals surface area contributed by atoms with Gasteiger partial charge in [-0.2, -0.15) is 5.26 Å². The maximum absolute atomic E-state index is 12.9. The summed E-state index contributed by atoms with van der Waals surface area (Å²) in [5.74, 6) is 0.0749. The van der Waals surface area contributed by atoms with E-state index in [1.807, 2.05) is 42.5 Å². The van der Waals surface area contributed by atoms with Gasteiger partial charge >= 0.3 is 5.97 Å². The van der Waals surface area contributed by atoms with E-state index in [9.17, 15) is 10.1 Å². The van der Waals surface area contributed by atoms with Crippen molar-refractivity contribution in [1.29, 1.82) is 5.26 Å². The van der Waals surface area contributed by atoms with Gasteiger partial charge in [0.2, 0.25) is 5.41 Å². The lowest BCUT2D eigenvalue weighted by molar-refractivity contribution is -0.146. The second-order valence-electron chi connectivity index (χ2n) is 5.87. The highest BCUT2D eigenvalue weighted by Crippen LogP contribution is 2.36. The van der Waals surface area contributed by atoms with Gasteiger partial charge in [0, 0.05) is 0 Å². The van der Waals surface area contributed by atoms with E-state index in [-0.39, 0.29) is 6.61 Å². The number of carbonyl (C=O) groups is 1. The average molecular weight is 345 g/mol. The van der Waals surface area contributed by atoms with Gasteiger partial charge in [0.05, 0.1) is 19.8 Å². The lowest BCUT2D eigenvalue weighted by Gasteiger charge is -2.26. The van der Waals surface area contributed by atoms with Crippen LogP contribution in [0, 0.1) is 11.3 Å². The molecule has 0 radical (unpaired) electrons. The third kappa shape index (κ3) is 2.89. The van der Waals surface area contributed by atoms with Crippen LogP contribution in [0.1, 0.15) is 18.1 Å². The van der Waals surface area contributed by atoms with E-state index >= 15 is 0 Å². The minimum atomic E-state index is -1.54. The Bertz CT molecular complexity index is 973. The number of nitriles is 1. The van der Waals surface area contributed by atoms with Gasteiger partial charge in [-0.1, -0.05) is 48.5 Å². The second kappa shape index (κ2) is 7.28. The monoisotopic (exact) mass is 345 g/mol. The van der Waals surface area contributed by atoms with E-state index in [4.69, 9.17) is 9.47 Å². The third-order valence-electron chi connectivity index (χ3n) is 4.45. The van der Waals surface area contributed by atoms with Gasteiger partial charge < -0.3 is 9.47 Å². The van der Waals surface area contributed by atoms with Gasteiger partial charge in [-0.05, 0) is 47.0 Å². The second-order valence-corrected chi connectivity index (χ2v) is 5.87. The standard InChI is InChI=1S/C22H19NO3/c1-3-26-21(24)22(15-23,18-10-12-20(25-2)13-11-18)19-9-8-16-6-4-5-7-17(16)14-19/h4-14H,3H2,1-2H3. The van der Waals surface area contributed by atoms with Crippen LogP contribution in [-0.2, 0) is 14.9 Å². The molecule has 0 aliphatic rings. The number of benzene rings is 3. The zero-order valence-corrected chi connectivity index (χ0v) is 14.7. The SMILES string of the molecule is CCOC(=O)C(C#N)(c1ccc(OC)cc1)c1ccc2ccccc2c1. The van der Waals surface area contributed by atoms with Crippen molar-refractivity contribution in [3.8, 4) is 11.8 Å². The Balaban J connectivity index is 2.24. The van der Waals surface area contributed by atoms with Crippen LogP contribution in [-0.4, -0.2) is 19.7 Å². The van der Waals surface area contributed by atoms with Crippen molar-refractivity contribution in [1.82, 2.24) is 0 Å². The number of ether oxygens (including phenoxy) is 2. The molecule has 0 aromatic heterocycles. The summed E-state index contributed by atoms with van der Waals surface area (Å²) in [6.45, 7) is 1.93. The molecule has 3 rings (SSSR count). The summed E-state index contributed by atoms with van der Waals surface area (Å²) in [5.41, 5.74) is -0.399. The highest BCUT2D eigenvalue weighted by Gasteiger charge is 2.44. The summed E-state index contributed by atoms with van der Waals surface area (Å²) >= 11 is 0. The zero-order chi connectivity index (χ0) is 18.6. The van der Waals surface area contributed by atoms with Crippen LogP contribution >= 0.6 is 0 Å². The van der Waals surface area contributed by atoms with E-state index < -0.39 is 11.4 Å². The summed E-state index contributed by atoms with van der Waals surface area (Å²) in [6.07, 6.45) is 0. The molecule has 0 amide bonds. The molecule has 26 heavy (non-hydrogen) atoms. The van der Waals surface area contributed by atoms with E-state index in [0.717, 1.165) is 10.8 Å². The molecule has 0 spiro atoms. The lowest BCUT2D eigenvalue weighted by Crippen LogP contribution is -2.37. The maximum Gasteiger partial charge on any atom is 0.335 e. The highest BCUT2D eigenvalue weighted by molar-refractivity contribution is 5.93. The van der Waals surface area contributed by atoms with E-state index in [0.29, 0.717) is 16.9 Å². The van der Waals surface area contributed by atoms with E-state index in [1.54, 1.807) is 38.3 Å². The van der Waals surface area contributed by atoms with Crippen molar-refractivity contribution in [2.24, 2.45) is 0 Å². The predicted molar refractivity (Wildman–Crippen MR) is 100.0 cm³/mol. The Labute approximate surface area is 152 Å². The molecular formula is C22H19NO3. The van der Waals surface area contributed by atoms with Crippen LogP contribution in [0.2, 0.25) is 0 Å². The van der Waals surface area contributed by atoms with Crippen molar-refractivity contribution >= 4 is 16.7 Å². The van der Waals surface area contributed by atoms with Crippen molar-refractivity contribution in [2.45, 2.75) is 12.3 Å². The first kappa shape index (κ1) is 17.5. The number of nitrogens with zero attached hydrogens (tertiary/aromatic N) is 1. The Morgan fingerprint density at radius 1 is 1.00 bits per heavy atom. The number of carbonyl (C=O) groups excluding carboxylic acids is 1. The van der Waals surface area contributed by atoms with Gasteiger partial charge in [0.25, 0.3) is 0 Å². The van der Waals surface area contributed by atoms with Crippen LogP contribution in [0.25, 0.3) is 10.8 Å². The minimum absolute atomic E-state index is 0.200. The summed E-state index contributed by atoms with van der Waals surface area (Å²) in [6, 6.07) is 22.6. The highest BCUT2D eigenvalue weighted by atomic mass is 16.5. The third-order valence-corrected chi connectivity index (χ3v) is 4.45. The number of esters is 1. The van der Waals surface area contributed by atoms with Gasteiger partial charge in [0.1, 0.15) is 5.75 Å². The first-order valence-corrected chi connectivity index (χ1v) is 8.38. The molecule has 0 fully saturated rings. The molecule has 3 aromatic rings. The van der Waals surface area contributed by atoms with Crippen LogP contribution < -0.4 is 4.74 Å². The molecule has 130 valence electrons. The van der Waals surface area contributed by atoms with Crippen LogP contribution in [0.4, 0.5) is 0 Å². The quantitative estimate of drug-likeness (QED) is 0.650. The molecule has 0 aliphatic heterocycles. The normalized spacial score (nSPS) is 12.8. The summed E-state index contributed by atoms with van der Waals surface area (Å²) < 4.78 is 10.5. The van der Waals surface area contributed by atoms with Crippen LogP contribution in [0.3, 0.4) is 0 Å². The fourth-order valence-corrected chi connectivity index (χ4v) is 3.08. The molecule has 0 N–H and O–H groups in total. The Morgan fingerprint density at radius 2 is 1.65 bits per heavy atom. The fraction of sp³-hybridized carbons (Fsp3) is 0.182. The van der Waals surface area contributed by atoms with Crippen molar-refractivity contribution < 1.29 is 14.3 Å². The number of hydrogen-bond donors (Lipinski definition) is 0. The molecule has 3 aromatic carbocycles. The average Bonchev–Trinajstić information content (AvgIpc) is 2.69. The maximum atomic E-state index is 12.9. The number of methoxy groups -OCH3 is 1. The fourth-order valence-electron chi connectivity index (χ4n) is 3.08. The number of fused-ring (bicyclic) bond motifs is 1. The Hall–Kier alpha value is -3.32. The van der Waals surface area contributed by atoms with Gasteiger partial charge in [-0.25, -0.2) is 4.79 Å². The van der Waals surface area contributed by atoms with Gasteiger partial charge in [-0.15, -0.1) is 0 Å². The molecule has 0 heterocycles. The van der Waals surface area contributed by atoms with Gasteiger partial charge in [0.15, 0.2) is 0 Å². The molecule has 4 heteroatoms. The van der Waals surface area contributed by atoms with Crippen LogP contribution in [0.5, 0.6) is 5.75 Å². The first-order valence-electron chi connectivity index (χ1n) is 8.38. The largest absolute Gasteiger partial charge is 0.497 e. The smallest absolute Gasteiger partial charge is 0.335 e. The van der Waals surface area contributed by atoms with Crippen molar-refractivity contribution in [3.63, 3.8) is 0 Å². The number of rotatable bonds is 5. The Morgan fingerprint density at radius 3 is 2.27 bits per heavy atom. The lowest BCUT2D eigenvalue weighted by atomic mass is 9.75. The summed E-state index contributed by atoms with van der Waals surface area (Å²) in [5, 5.41) is 12.1. The van der Waals surface area contributed by atoms with Crippen molar-refractivity contribution in [2.75, 3.05) is 13.7 Å². The predicted octanol–water partition coefficient (Wildman–Crippen LogP) is 4.22. The molecule has 4 nitrogen and oxygen atoms in total. The molecule has 0 bridgehead atoms. The van der Waals surface area contributed by atoms with Crippen molar-refractivity contribution in [3.05, 3.63) is 77.9 Å². The Kier molecular flexibility index (Phi) is 4.90.